The Bertz CT molecular complexity index is 191. The fraction of sp³-hybridized carbons (Fsp3) is 1.00. The Morgan fingerprint density at radius 3 is 2.60 bits per heavy atom. The van der Waals surface area contributed by atoms with E-state index in [0.717, 1.165) is 12.8 Å². The van der Waals surface area contributed by atoms with Crippen molar-refractivity contribution < 1.29 is 5.11 Å². The van der Waals surface area contributed by atoms with Crippen molar-refractivity contribution in [2.45, 2.75) is 71.4 Å². The SMILES string of the molecule is CCCCCC1C[C@H](O)[C@@H](N)CC1(C)C. The van der Waals surface area contributed by atoms with Crippen LogP contribution in [-0.2, 0) is 0 Å². The Balaban J connectivity index is 2.47. The number of nitrogens with two attached hydrogens (primary N) is 1. The van der Waals surface area contributed by atoms with Crippen LogP contribution in [0.3, 0.4) is 0 Å². The Kier molecular flexibility index (Phi) is 4.60. The lowest BCUT2D eigenvalue weighted by Crippen LogP contribution is -2.47. The summed E-state index contributed by atoms with van der Waals surface area (Å²) in [5.41, 5.74) is 6.23. The highest BCUT2D eigenvalue weighted by Gasteiger charge is 2.39. The number of hydrogen-bond donors (Lipinski definition) is 2. The van der Waals surface area contributed by atoms with Gasteiger partial charge in [-0.3, -0.25) is 0 Å². The number of aliphatic hydroxyl groups excluding tert-OH is 1. The van der Waals surface area contributed by atoms with Crippen molar-refractivity contribution in [3.05, 3.63) is 0 Å². The van der Waals surface area contributed by atoms with E-state index in [-0.39, 0.29) is 12.1 Å². The molecule has 0 aromatic carbocycles. The molecule has 0 bridgehead atoms. The summed E-state index contributed by atoms with van der Waals surface area (Å²) in [6.07, 6.45) is 6.73. The molecule has 3 N–H and O–H groups in total. The summed E-state index contributed by atoms with van der Waals surface area (Å²) < 4.78 is 0. The molecule has 1 aliphatic rings. The van der Waals surface area contributed by atoms with Crippen LogP contribution in [0.1, 0.15) is 59.3 Å². The van der Waals surface area contributed by atoms with Gasteiger partial charge in [0.2, 0.25) is 0 Å². The zero-order chi connectivity index (χ0) is 11.5. The van der Waals surface area contributed by atoms with E-state index in [0.29, 0.717) is 11.3 Å². The lowest BCUT2D eigenvalue weighted by molar-refractivity contribution is 0.00703. The van der Waals surface area contributed by atoms with Crippen LogP contribution in [0.15, 0.2) is 0 Å². The first-order chi connectivity index (χ1) is 6.97. The molecule has 15 heavy (non-hydrogen) atoms. The van der Waals surface area contributed by atoms with Crippen molar-refractivity contribution in [3.8, 4) is 0 Å². The average molecular weight is 213 g/mol. The zero-order valence-electron chi connectivity index (χ0n) is 10.5. The normalized spacial score (nSPS) is 35.4. The first-order valence-corrected chi connectivity index (χ1v) is 6.41. The zero-order valence-corrected chi connectivity index (χ0v) is 10.5. The van der Waals surface area contributed by atoms with E-state index in [1.807, 2.05) is 0 Å². The van der Waals surface area contributed by atoms with Crippen LogP contribution in [0.2, 0.25) is 0 Å². The van der Waals surface area contributed by atoms with Crippen molar-refractivity contribution in [1.29, 1.82) is 0 Å². The summed E-state index contributed by atoms with van der Waals surface area (Å²) in [5.74, 6) is 0.652. The maximum absolute atomic E-state index is 9.81. The second-order valence-corrected chi connectivity index (χ2v) is 5.85. The molecule has 1 saturated carbocycles. The molecule has 0 radical (unpaired) electrons. The predicted molar refractivity (Wildman–Crippen MR) is 64.6 cm³/mol. The molecule has 0 amide bonds. The van der Waals surface area contributed by atoms with E-state index in [2.05, 4.69) is 20.8 Å². The van der Waals surface area contributed by atoms with Gasteiger partial charge in [0, 0.05) is 6.04 Å². The first-order valence-electron chi connectivity index (χ1n) is 6.41. The van der Waals surface area contributed by atoms with Gasteiger partial charge in [-0.15, -0.1) is 0 Å². The van der Waals surface area contributed by atoms with E-state index in [9.17, 15) is 5.11 Å². The summed E-state index contributed by atoms with van der Waals surface area (Å²) >= 11 is 0. The van der Waals surface area contributed by atoms with Gasteiger partial charge in [0.05, 0.1) is 6.10 Å². The topological polar surface area (TPSA) is 46.2 Å². The molecule has 0 aliphatic heterocycles. The van der Waals surface area contributed by atoms with Gasteiger partial charge < -0.3 is 10.8 Å². The minimum absolute atomic E-state index is 0.0116. The van der Waals surface area contributed by atoms with Crippen molar-refractivity contribution in [3.63, 3.8) is 0 Å². The van der Waals surface area contributed by atoms with Gasteiger partial charge in [0.15, 0.2) is 0 Å². The Labute approximate surface area is 94.2 Å². The van der Waals surface area contributed by atoms with Crippen molar-refractivity contribution in [1.82, 2.24) is 0 Å². The van der Waals surface area contributed by atoms with Crippen LogP contribution >= 0.6 is 0 Å². The van der Waals surface area contributed by atoms with Crippen LogP contribution < -0.4 is 5.73 Å². The van der Waals surface area contributed by atoms with E-state index < -0.39 is 0 Å². The summed E-state index contributed by atoms with van der Waals surface area (Å²) in [7, 11) is 0. The molecule has 1 aliphatic carbocycles. The minimum atomic E-state index is -0.273. The van der Waals surface area contributed by atoms with Crippen molar-refractivity contribution >= 4 is 0 Å². The molecule has 2 nitrogen and oxygen atoms in total. The standard InChI is InChI=1S/C13H27NO/c1-4-5-6-7-10-8-12(15)11(14)9-13(10,2)3/h10-12,15H,4-9,14H2,1-3H3/t10?,11-,12-/m0/s1. The van der Waals surface area contributed by atoms with Crippen molar-refractivity contribution in [2.75, 3.05) is 0 Å². The molecule has 1 unspecified atom stereocenters. The monoisotopic (exact) mass is 213 g/mol. The summed E-state index contributed by atoms with van der Waals surface area (Å²) in [6.45, 7) is 6.83. The van der Waals surface area contributed by atoms with Gasteiger partial charge in [-0.05, 0) is 30.6 Å². The van der Waals surface area contributed by atoms with Gasteiger partial charge in [-0.1, -0.05) is 40.0 Å². The Hall–Kier alpha value is -0.0800. The van der Waals surface area contributed by atoms with E-state index in [1.54, 1.807) is 0 Å². The Morgan fingerprint density at radius 2 is 2.00 bits per heavy atom. The molecule has 0 aromatic rings. The third kappa shape index (κ3) is 3.46. The molecule has 90 valence electrons. The molecular weight excluding hydrogens is 186 g/mol. The van der Waals surface area contributed by atoms with E-state index >= 15 is 0 Å². The van der Waals surface area contributed by atoms with Gasteiger partial charge in [0.25, 0.3) is 0 Å². The highest BCUT2D eigenvalue weighted by Crippen LogP contribution is 2.42. The molecule has 1 fully saturated rings. The molecule has 1 rings (SSSR count). The van der Waals surface area contributed by atoms with E-state index in [1.165, 1.54) is 25.7 Å². The van der Waals surface area contributed by atoms with Gasteiger partial charge in [-0.2, -0.15) is 0 Å². The Morgan fingerprint density at radius 1 is 1.33 bits per heavy atom. The number of hydrogen-bond acceptors (Lipinski definition) is 2. The van der Waals surface area contributed by atoms with Crippen LogP contribution in [-0.4, -0.2) is 17.3 Å². The number of aliphatic hydroxyl groups is 1. The summed E-state index contributed by atoms with van der Waals surface area (Å²) in [5, 5.41) is 9.81. The largest absolute Gasteiger partial charge is 0.392 e. The quantitative estimate of drug-likeness (QED) is 0.705. The molecular formula is C13H27NO. The van der Waals surface area contributed by atoms with Gasteiger partial charge in [-0.25, -0.2) is 0 Å². The second kappa shape index (κ2) is 5.31. The van der Waals surface area contributed by atoms with Crippen molar-refractivity contribution in [2.24, 2.45) is 17.1 Å². The molecule has 2 heteroatoms. The molecule has 0 spiro atoms. The third-order valence-electron chi connectivity index (χ3n) is 4.04. The molecule has 0 aromatic heterocycles. The van der Waals surface area contributed by atoms with E-state index in [4.69, 9.17) is 5.73 Å². The first kappa shape index (κ1) is 13.0. The number of unbranched alkanes of at least 4 members (excludes halogenated alkanes) is 2. The predicted octanol–water partition coefficient (Wildman–Crippen LogP) is 2.69. The maximum atomic E-state index is 9.81. The third-order valence-corrected chi connectivity index (χ3v) is 4.04. The molecule has 0 heterocycles. The highest BCUT2D eigenvalue weighted by molar-refractivity contribution is 4.92. The summed E-state index contributed by atoms with van der Waals surface area (Å²) in [4.78, 5) is 0. The lowest BCUT2D eigenvalue weighted by Gasteiger charge is -2.44. The van der Waals surface area contributed by atoms with Gasteiger partial charge >= 0.3 is 0 Å². The highest BCUT2D eigenvalue weighted by atomic mass is 16.3. The average Bonchev–Trinajstić information content (AvgIpc) is 2.13. The lowest BCUT2D eigenvalue weighted by atomic mass is 9.65. The smallest absolute Gasteiger partial charge is 0.0694 e. The van der Waals surface area contributed by atoms with Gasteiger partial charge in [0.1, 0.15) is 0 Å². The molecule has 0 saturated heterocycles. The fourth-order valence-corrected chi connectivity index (χ4v) is 2.84. The van der Waals surface area contributed by atoms with Crippen LogP contribution in [0.5, 0.6) is 0 Å². The van der Waals surface area contributed by atoms with Crippen LogP contribution in [0.25, 0.3) is 0 Å². The van der Waals surface area contributed by atoms with Crippen LogP contribution in [0.4, 0.5) is 0 Å². The summed E-state index contributed by atoms with van der Waals surface area (Å²) in [6, 6.07) is -0.0116. The second-order valence-electron chi connectivity index (χ2n) is 5.85. The molecule has 3 atom stereocenters. The number of rotatable bonds is 4. The fourth-order valence-electron chi connectivity index (χ4n) is 2.84. The van der Waals surface area contributed by atoms with Crippen LogP contribution in [0, 0.1) is 11.3 Å². The minimum Gasteiger partial charge on any atom is -0.392 e. The maximum Gasteiger partial charge on any atom is 0.0694 e.